The molecule has 1 aliphatic heterocycles. The molecular formula is C15H17N5O. The van der Waals surface area contributed by atoms with Gasteiger partial charge < -0.3 is 4.74 Å². The van der Waals surface area contributed by atoms with Crippen molar-refractivity contribution in [3.05, 3.63) is 65.7 Å². The fourth-order valence-electron chi connectivity index (χ4n) is 1.94. The third-order valence-corrected chi connectivity index (χ3v) is 2.99. The van der Waals surface area contributed by atoms with E-state index in [2.05, 4.69) is 26.9 Å². The average Bonchev–Trinajstić information content (AvgIpc) is 3.06. The van der Waals surface area contributed by atoms with Crippen molar-refractivity contribution < 1.29 is 4.74 Å². The highest BCUT2D eigenvalue weighted by Crippen LogP contribution is 2.15. The van der Waals surface area contributed by atoms with Crippen LogP contribution in [0.5, 0.6) is 5.75 Å². The normalized spacial score (nSPS) is 13.4. The van der Waals surface area contributed by atoms with Gasteiger partial charge in [-0.25, -0.2) is 4.99 Å². The van der Waals surface area contributed by atoms with Gasteiger partial charge in [0.05, 0.1) is 6.54 Å². The first-order valence-electron chi connectivity index (χ1n) is 6.72. The Morgan fingerprint density at radius 1 is 0.857 bits per heavy atom. The molecule has 1 fully saturated rings. The van der Waals surface area contributed by atoms with Crippen LogP contribution < -0.4 is 26.7 Å². The van der Waals surface area contributed by atoms with E-state index >= 15 is 0 Å². The molecule has 0 spiro atoms. The lowest BCUT2D eigenvalue weighted by Crippen LogP contribution is -2.33. The fraction of sp³-hybridized carbons (Fsp3) is 0.133. The molecule has 0 aromatic heterocycles. The van der Waals surface area contributed by atoms with Crippen LogP contribution in [-0.2, 0) is 13.2 Å². The molecule has 108 valence electrons. The lowest BCUT2D eigenvalue weighted by molar-refractivity contribution is 0.306. The average molecular weight is 283 g/mol. The molecule has 0 unspecified atom stereocenters. The van der Waals surface area contributed by atoms with Crippen LogP contribution in [0.4, 0.5) is 0 Å². The number of nitrogens with zero attached hydrogens (tertiary/aromatic N) is 1. The van der Waals surface area contributed by atoms with Crippen molar-refractivity contribution in [1.82, 2.24) is 21.9 Å². The van der Waals surface area contributed by atoms with Crippen molar-refractivity contribution in [3.63, 3.8) is 0 Å². The Hall–Kier alpha value is -2.57. The zero-order chi connectivity index (χ0) is 14.3. The van der Waals surface area contributed by atoms with E-state index in [1.807, 2.05) is 54.6 Å². The highest BCUT2D eigenvalue weighted by atomic mass is 16.5. The Labute approximate surface area is 123 Å². The monoisotopic (exact) mass is 283 g/mol. The Bertz CT molecular complexity index is 606. The maximum atomic E-state index is 5.80. The smallest absolute Gasteiger partial charge is 0.223 e. The molecule has 1 saturated heterocycles. The molecule has 21 heavy (non-hydrogen) atoms. The van der Waals surface area contributed by atoms with Crippen molar-refractivity contribution in [3.8, 4) is 5.75 Å². The van der Waals surface area contributed by atoms with Crippen LogP contribution in [0, 0.1) is 0 Å². The van der Waals surface area contributed by atoms with Crippen LogP contribution in [0.15, 0.2) is 59.6 Å². The van der Waals surface area contributed by atoms with E-state index in [1.54, 1.807) is 0 Å². The van der Waals surface area contributed by atoms with E-state index in [4.69, 9.17) is 4.74 Å². The van der Waals surface area contributed by atoms with Gasteiger partial charge in [0.2, 0.25) is 5.96 Å². The van der Waals surface area contributed by atoms with Gasteiger partial charge >= 0.3 is 0 Å². The summed E-state index contributed by atoms with van der Waals surface area (Å²) in [6.07, 6.45) is 0. The summed E-state index contributed by atoms with van der Waals surface area (Å²) in [4.78, 5) is 4.37. The number of hydrogen-bond donors (Lipinski definition) is 4. The molecule has 0 bridgehead atoms. The minimum atomic E-state index is 0.565. The molecule has 4 N–H and O–H groups in total. The number of benzene rings is 2. The van der Waals surface area contributed by atoms with Crippen LogP contribution in [-0.4, -0.2) is 5.96 Å². The number of nitrogens with one attached hydrogen (secondary N) is 4. The van der Waals surface area contributed by atoms with Gasteiger partial charge in [-0.3, -0.25) is 10.9 Å². The first-order valence-corrected chi connectivity index (χ1v) is 6.72. The van der Waals surface area contributed by atoms with Gasteiger partial charge in [-0.15, -0.1) is 0 Å². The second kappa shape index (κ2) is 6.74. The Morgan fingerprint density at radius 3 is 2.43 bits per heavy atom. The van der Waals surface area contributed by atoms with Crippen LogP contribution in [0.1, 0.15) is 11.1 Å². The van der Waals surface area contributed by atoms with Crippen LogP contribution in [0.25, 0.3) is 0 Å². The first-order chi connectivity index (χ1) is 10.4. The maximum absolute atomic E-state index is 5.80. The highest BCUT2D eigenvalue weighted by molar-refractivity contribution is 5.79. The number of rotatable bonds is 5. The fourth-order valence-corrected chi connectivity index (χ4v) is 1.94. The molecule has 1 heterocycles. The third-order valence-electron chi connectivity index (χ3n) is 2.99. The molecule has 2 aromatic rings. The third kappa shape index (κ3) is 3.95. The minimum Gasteiger partial charge on any atom is -0.489 e. The predicted octanol–water partition coefficient (Wildman–Crippen LogP) is 1.24. The molecule has 3 rings (SSSR count). The van der Waals surface area contributed by atoms with Gasteiger partial charge in [-0.05, 0) is 23.3 Å². The molecule has 6 nitrogen and oxygen atoms in total. The number of hydrogen-bond acceptors (Lipinski definition) is 4. The van der Waals surface area contributed by atoms with Crippen molar-refractivity contribution in [2.45, 2.75) is 13.2 Å². The van der Waals surface area contributed by atoms with Gasteiger partial charge in [0.1, 0.15) is 12.4 Å². The van der Waals surface area contributed by atoms with E-state index in [1.165, 1.54) is 0 Å². The molecule has 6 heteroatoms. The molecule has 1 aliphatic rings. The summed E-state index contributed by atoms with van der Waals surface area (Å²) >= 11 is 0. The molecule has 2 aromatic carbocycles. The lowest BCUT2D eigenvalue weighted by atomic mass is 10.2. The zero-order valence-electron chi connectivity index (χ0n) is 11.5. The summed E-state index contributed by atoms with van der Waals surface area (Å²) in [6, 6.07) is 18.1. The molecule has 0 atom stereocenters. The molecule has 0 amide bonds. The molecule has 0 radical (unpaired) electrons. The topological polar surface area (TPSA) is 69.7 Å². The Morgan fingerprint density at radius 2 is 1.62 bits per heavy atom. The van der Waals surface area contributed by atoms with E-state index < -0.39 is 0 Å². The van der Waals surface area contributed by atoms with Crippen molar-refractivity contribution in [1.29, 1.82) is 0 Å². The van der Waals surface area contributed by atoms with Gasteiger partial charge in [0.25, 0.3) is 0 Å². The highest BCUT2D eigenvalue weighted by Gasteiger charge is 2.03. The number of ether oxygens (including phenoxy) is 1. The minimum absolute atomic E-state index is 0.565. The SMILES string of the molecule is c1ccc(COc2cccc(CN=C3NNNN3)c2)cc1. The molecule has 0 saturated carbocycles. The lowest BCUT2D eigenvalue weighted by Gasteiger charge is -2.07. The summed E-state index contributed by atoms with van der Waals surface area (Å²) in [6.45, 7) is 1.14. The second-order valence-electron chi connectivity index (χ2n) is 4.59. The number of aliphatic imine (C=N–C) groups is 1. The van der Waals surface area contributed by atoms with Gasteiger partial charge in [-0.1, -0.05) is 42.5 Å². The first kappa shape index (κ1) is 13.4. The van der Waals surface area contributed by atoms with E-state index in [9.17, 15) is 0 Å². The zero-order valence-corrected chi connectivity index (χ0v) is 11.5. The standard InChI is InChI=1S/C15H17N5O/c1-2-5-12(6-3-1)11-21-14-8-4-7-13(9-14)10-16-15-17-19-20-18-15/h1-9,19-20H,10-11H2,(H2,16,17,18). The van der Waals surface area contributed by atoms with Gasteiger partial charge in [0, 0.05) is 0 Å². The van der Waals surface area contributed by atoms with Crippen LogP contribution in [0.3, 0.4) is 0 Å². The Kier molecular flexibility index (Phi) is 4.30. The van der Waals surface area contributed by atoms with Crippen molar-refractivity contribution in [2.75, 3.05) is 0 Å². The summed E-state index contributed by atoms with van der Waals surface area (Å²) in [5.74, 6) is 1.51. The van der Waals surface area contributed by atoms with Crippen molar-refractivity contribution >= 4 is 5.96 Å². The van der Waals surface area contributed by atoms with Gasteiger partial charge in [0.15, 0.2) is 0 Å². The molecule has 0 aliphatic carbocycles. The number of hydrazine groups is 3. The largest absolute Gasteiger partial charge is 0.489 e. The quantitative estimate of drug-likeness (QED) is 0.665. The summed E-state index contributed by atoms with van der Waals surface area (Å²) in [5, 5.41) is 0. The summed E-state index contributed by atoms with van der Waals surface area (Å²) in [7, 11) is 0. The van der Waals surface area contributed by atoms with E-state index in [0.717, 1.165) is 16.9 Å². The van der Waals surface area contributed by atoms with Crippen LogP contribution in [0.2, 0.25) is 0 Å². The number of guanidine groups is 1. The van der Waals surface area contributed by atoms with Gasteiger partial charge in [-0.2, -0.15) is 11.1 Å². The molecular weight excluding hydrogens is 266 g/mol. The van der Waals surface area contributed by atoms with E-state index in [0.29, 0.717) is 19.1 Å². The van der Waals surface area contributed by atoms with Crippen LogP contribution >= 0.6 is 0 Å². The van der Waals surface area contributed by atoms with E-state index in [-0.39, 0.29) is 0 Å². The summed E-state index contributed by atoms with van der Waals surface area (Å²) < 4.78 is 5.80. The second-order valence-corrected chi connectivity index (χ2v) is 4.59. The van der Waals surface area contributed by atoms with Crippen molar-refractivity contribution in [2.24, 2.45) is 4.99 Å². The maximum Gasteiger partial charge on any atom is 0.223 e. The summed E-state index contributed by atoms with van der Waals surface area (Å²) in [5.41, 5.74) is 13.3. The Balaban J connectivity index is 1.59. The predicted molar refractivity (Wildman–Crippen MR) is 80.9 cm³/mol.